The minimum atomic E-state index is -3.44. The van der Waals surface area contributed by atoms with Crippen LogP contribution in [-0.2, 0) is 56.4 Å². The second-order valence-electron chi connectivity index (χ2n) is 3.97. The predicted octanol–water partition coefficient (Wildman–Crippen LogP) is 3.00. The number of hydrogen-bond donors (Lipinski definition) is 0. The van der Waals surface area contributed by atoms with Gasteiger partial charge in [-0.2, -0.15) is 0 Å². The topological polar surface area (TPSA) is 41.5 Å². The molecule has 0 heterocycles. The fourth-order valence-electron chi connectivity index (χ4n) is 1.49. The molecule has 6 heteroatoms. The quantitative estimate of drug-likeness (QED) is 0.552. The fourth-order valence-corrected chi connectivity index (χ4v) is 2.50. The van der Waals surface area contributed by atoms with Gasteiger partial charge in [-0.15, -0.1) is 0 Å². The van der Waals surface area contributed by atoms with E-state index in [0.29, 0.717) is 0 Å². The molecule has 0 saturated carbocycles. The first-order valence-electron chi connectivity index (χ1n) is 5.84. The molecule has 2 aromatic rings. The SMILES string of the molecule is [Ag+].[O-]P(=S)(OCc1ccccc1)OCc1ccccc1. The Hall–Kier alpha value is -0.290. The van der Waals surface area contributed by atoms with Crippen LogP contribution < -0.4 is 4.89 Å². The Labute approximate surface area is 139 Å². The molecule has 20 heavy (non-hydrogen) atoms. The van der Waals surface area contributed by atoms with E-state index in [1.165, 1.54) is 0 Å². The molecular weight excluding hydrogens is 387 g/mol. The van der Waals surface area contributed by atoms with E-state index in [1.54, 1.807) is 0 Å². The normalized spacial score (nSPS) is 10.8. The molecule has 2 aromatic carbocycles. The van der Waals surface area contributed by atoms with Crippen molar-refractivity contribution in [2.45, 2.75) is 13.2 Å². The van der Waals surface area contributed by atoms with E-state index >= 15 is 0 Å². The molecule has 0 saturated heterocycles. The van der Waals surface area contributed by atoms with Gasteiger partial charge in [0.15, 0.2) is 0 Å². The van der Waals surface area contributed by atoms with Crippen LogP contribution >= 0.6 is 6.72 Å². The zero-order valence-corrected chi connectivity index (χ0v) is 13.8. The molecule has 0 spiro atoms. The van der Waals surface area contributed by atoms with E-state index in [1.807, 2.05) is 60.7 Å². The van der Waals surface area contributed by atoms with Crippen LogP contribution in [-0.4, -0.2) is 0 Å². The van der Waals surface area contributed by atoms with E-state index in [9.17, 15) is 4.89 Å². The van der Waals surface area contributed by atoms with Crippen LogP contribution in [0.4, 0.5) is 0 Å². The monoisotopic (exact) mass is 400 g/mol. The Balaban J connectivity index is 0.00000200. The van der Waals surface area contributed by atoms with Gasteiger partial charge in [0.1, 0.15) is 6.72 Å². The zero-order valence-electron chi connectivity index (χ0n) is 10.6. The van der Waals surface area contributed by atoms with Gasteiger partial charge in [-0.3, -0.25) is 0 Å². The van der Waals surface area contributed by atoms with E-state index in [4.69, 9.17) is 20.9 Å². The van der Waals surface area contributed by atoms with Crippen molar-refractivity contribution in [1.82, 2.24) is 0 Å². The molecule has 0 fully saturated rings. The molecule has 0 aliphatic rings. The molecule has 0 N–H and O–H groups in total. The number of benzene rings is 2. The summed E-state index contributed by atoms with van der Waals surface area (Å²) in [7, 11) is 0. The molecule has 0 atom stereocenters. The summed E-state index contributed by atoms with van der Waals surface area (Å²) in [6.07, 6.45) is 0. The standard InChI is InChI=1S/C14H15O3PS.Ag/c15-18(19,16-11-13-7-3-1-4-8-13)17-12-14-9-5-2-6-10-14;/h1-10H,11-12H2,(H,15,19);/q;+1/p-1. The van der Waals surface area contributed by atoms with Gasteiger partial charge in [-0.25, -0.2) is 0 Å². The van der Waals surface area contributed by atoms with Crippen molar-refractivity contribution in [2.75, 3.05) is 0 Å². The smallest absolute Gasteiger partial charge is 0.780 e. The van der Waals surface area contributed by atoms with E-state index in [0.717, 1.165) is 11.1 Å². The van der Waals surface area contributed by atoms with E-state index in [-0.39, 0.29) is 35.6 Å². The van der Waals surface area contributed by atoms with Crippen LogP contribution in [0.25, 0.3) is 0 Å². The summed E-state index contributed by atoms with van der Waals surface area (Å²) in [4.78, 5) is 11.9. The summed E-state index contributed by atoms with van der Waals surface area (Å²) in [5.74, 6) is 0. The predicted molar refractivity (Wildman–Crippen MR) is 76.7 cm³/mol. The fraction of sp³-hybridized carbons (Fsp3) is 0.143. The Kier molecular flexibility index (Phi) is 7.88. The van der Waals surface area contributed by atoms with Crippen molar-refractivity contribution in [3.05, 3.63) is 71.8 Å². The second-order valence-corrected chi connectivity index (χ2v) is 6.72. The summed E-state index contributed by atoms with van der Waals surface area (Å²) >= 11 is 4.85. The first-order valence-corrected chi connectivity index (χ1v) is 8.39. The first-order chi connectivity index (χ1) is 9.16. The Morgan fingerprint density at radius 3 is 1.50 bits per heavy atom. The Morgan fingerprint density at radius 2 is 1.15 bits per heavy atom. The molecule has 0 unspecified atom stereocenters. The maximum atomic E-state index is 11.9. The van der Waals surface area contributed by atoms with E-state index in [2.05, 4.69) is 0 Å². The van der Waals surface area contributed by atoms with Crippen LogP contribution in [0, 0.1) is 0 Å². The summed E-state index contributed by atoms with van der Waals surface area (Å²) < 4.78 is 10.4. The minimum Gasteiger partial charge on any atom is -0.780 e. The molecule has 110 valence electrons. The summed E-state index contributed by atoms with van der Waals surface area (Å²) in [5, 5.41) is 0. The molecule has 0 amide bonds. The van der Waals surface area contributed by atoms with Crippen molar-refractivity contribution in [3.8, 4) is 0 Å². The third kappa shape index (κ3) is 6.44. The van der Waals surface area contributed by atoms with Crippen molar-refractivity contribution < 1.29 is 36.3 Å². The van der Waals surface area contributed by atoms with Crippen LogP contribution in [0.15, 0.2) is 60.7 Å². The molecule has 3 nitrogen and oxygen atoms in total. The van der Waals surface area contributed by atoms with Gasteiger partial charge < -0.3 is 13.9 Å². The number of hydrogen-bond acceptors (Lipinski definition) is 4. The van der Waals surface area contributed by atoms with Gasteiger partial charge in [0.25, 0.3) is 0 Å². The summed E-state index contributed by atoms with van der Waals surface area (Å²) in [6.45, 7) is -3.06. The van der Waals surface area contributed by atoms with Crippen LogP contribution in [0.2, 0.25) is 0 Å². The van der Waals surface area contributed by atoms with Gasteiger partial charge in [-0.1, -0.05) is 72.5 Å². The second kappa shape index (κ2) is 8.88. The van der Waals surface area contributed by atoms with Crippen molar-refractivity contribution >= 4 is 18.5 Å². The first kappa shape index (κ1) is 17.8. The molecule has 0 aliphatic carbocycles. The van der Waals surface area contributed by atoms with Gasteiger partial charge in [0, 0.05) is 0 Å². The van der Waals surface area contributed by atoms with Crippen LogP contribution in [0.3, 0.4) is 0 Å². The van der Waals surface area contributed by atoms with Gasteiger partial charge in [-0.05, 0) is 11.1 Å². The van der Waals surface area contributed by atoms with Crippen molar-refractivity contribution in [1.29, 1.82) is 0 Å². The number of rotatable bonds is 6. The van der Waals surface area contributed by atoms with Gasteiger partial charge in [0.2, 0.25) is 0 Å². The third-order valence-corrected chi connectivity index (χ3v) is 3.99. The largest absolute Gasteiger partial charge is 1.00 e. The zero-order chi connectivity index (χ0) is 13.6. The Bertz CT molecular complexity index is 503. The van der Waals surface area contributed by atoms with Crippen LogP contribution in [0.1, 0.15) is 11.1 Å². The molecule has 0 aliphatic heterocycles. The van der Waals surface area contributed by atoms with Crippen LogP contribution in [0.5, 0.6) is 0 Å². The molecule has 0 bridgehead atoms. The molecule has 2 rings (SSSR count). The molecule has 0 aromatic heterocycles. The maximum Gasteiger partial charge on any atom is 1.00 e. The average molecular weight is 401 g/mol. The molecule has 0 radical (unpaired) electrons. The third-order valence-electron chi connectivity index (χ3n) is 2.46. The maximum absolute atomic E-state index is 11.9. The summed E-state index contributed by atoms with van der Waals surface area (Å²) in [5.41, 5.74) is 1.83. The van der Waals surface area contributed by atoms with Crippen molar-refractivity contribution in [3.63, 3.8) is 0 Å². The minimum absolute atomic E-state index is 0. The summed E-state index contributed by atoms with van der Waals surface area (Å²) in [6, 6.07) is 18.9. The molecular formula is C14H14AgO3PS. The Morgan fingerprint density at radius 1 is 0.800 bits per heavy atom. The van der Waals surface area contributed by atoms with Crippen molar-refractivity contribution in [2.24, 2.45) is 0 Å². The van der Waals surface area contributed by atoms with Gasteiger partial charge in [0.05, 0.1) is 13.2 Å². The average Bonchev–Trinajstić information content (AvgIpc) is 2.46. The van der Waals surface area contributed by atoms with Gasteiger partial charge >= 0.3 is 22.4 Å². The van der Waals surface area contributed by atoms with E-state index < -0.39 is 6.72 Å².